The van der Waals surface area contributed by atoms with Crippen LogP contribution in [0.2, 0.25) is 0 Å². The summed E-state index contributed by atoms with van der Waals surface area (Å²) in [6, 6.07) is 7.55. The zero-order valence-corrected chi connectivity index (χ0v) is 11.8. The average molecular weight is 295 g/mol. The molecular formula is C16H16F3NO. The first-order chi connectivity index (χ1) is 10.0. The Bertz CT molecular complexity index is 620. The number of hydrogen-bond acceptors (Lipinski definition) is 2. The topological polar surface area (TPSA) is 21.3 Å². The van der Waals surface area contributed by atoms with Crippen LogP contribution in [0.15, 0.2) is 30.3 Å². The molecule has 0 atom stereocenters. The highest BCUT2D eigenvalue weighted by Crippen LogP contribution is 2.26. The number of aryl methyl sites for hydroxylation is 1. The summed E-state index contributed by atoms with van der Waals surface area (Å²) in [7, 11) is 0. The summed E-state index contributed by atoms with van der Waals surface area (Å²) in [5.41, 5.74) is 2.07. The Morgan fingerprint density at radius 1 is 1.05 bits per heavy atom. The van der Waals surface area contributed by atoms with E-state index in [0.29, 0.717) is 23.6 Å². The molecule has 0 saturated heterocycles. The smallest absolute Gasteiger partial charge is 0.194 e. The Morgan fingerprint density at radius 2 is 1.71 bits per heavy atom. The van der Waals surface area contributed by atoms with Crippen LogP contribution in [-0.2, 0) is 6.54 Å². The summed E-state index contributed by atoms with van der Waals surface area (Å²) in [6.45, 7) is 4.49. The lowest BCUT2D eigenvalue weighted by Gasteiger charge is -2.13. The van der Waals surface area contributed by atoms with Gasteiger partial charge in [-0.3, -0.25) is 0 Å². The predicted octanol–water partition coefficient (Wildman–Crippen LogP) is 4.42. The normalized spacial score (nSPS) is 10.5. The fourth-order valence-corrected chi connectivity index (χ4v) is 1.96. The molecule has 2 aromatic rings. The van der Waals surface area contributed by atoms with Gasteiger partial charge in [0.1, 0.15) is 5.75 Å². The molecule has 0 aliphatic rings. The first-order valence-corrected chi connectivity index (χ1v) is 6.62. The molecule has 112 valence electrons. The number of hydrogen-bond donors (Lipinski definition) is 1. The SMILES string of the molecule is CCOc1cc(C)ccc1NCc1cc(F)c(F)c(F)c1. The second-order valence-electron chi connectivity index (χ2n) is 4.66. The minimum absolute atomic E-state index is 0.164. The Morgan fingerprint density at radius 3 is 2.33 bits per heavy atom. The van der Waals surface area contributed by atoms with Gasteiger partial charge in [-0.1, -0.05) is 6.07 Å². The molecule has 0 fully saturated rings. The molecule has 5 heteroatoms. The molecule has 0 aliphatic carbocycles. The molecule has 0 radical (unpaired) electrons. The molecule has 0 spiro atoms. The number of ether oxygens (including phenoxy) is 1. The zero-order valence-electron chi connectivity index (χ0n) is 11.8. The number of nitrogens with one attached hydrogen (secondary N) is 1. The van der Waals surface area contributed by atoms with E-state index in [9.17, 15) is 13.2 Å². The van der Waals surface area contributed by atoms with Gasteiger partial charge in [-0.05, 0) is 49.2 Å². The Kier molecular flexibility index (Phi) is 4.73. The van der Waals surface area contributed by atoms with Crippen LogP contribution in [0.1, 0.15) is 18.1 Å². The largest absolute Gasteiger partial charge is 0.492 e. The molecular weight excluding hydrogens is 279 g/mol. The quantitative estimate of drug-likeness (QED) is 0.824. The highest BCUT2D eigenvalue weighted by molar-refractivity contribution is 5.57. The second-order valence-corrected chi connectivity index (χ2v) is 4.66. The van der Waals surface area contributed by atoms with Crippen molar-refractivity contribution < 1.29 is 17.9 Å². The molecule has 1 N–H and O–H groups in total. The van der Waals surface area contributed by atoms with Crippen LogP contribution in [-0.4, -0.2) is 6.61 Å². The van der Waals surface area contributed by atoms with E-state index in [4.69, 9.17) is 4.74 Å². The first kappa shape index (κ1) is 15.2. The maximum absolute atomic E-state index is 13.2. The number of halogens is 3. The van der Waals surface area contributed by atoms with Crippen molar-refractivity contribution in [2.75, 3.05) is 11.9 Å². The van der Waals surface area contributed by atoms with Crippen molar-refractivity contribution in [3.8, 4) is 5.75 Å². The van der Waals surface area contributed by atoms with Gasteiger partial charge in [0.2, 0.25) is 0 Å². The molecule has 2 aromatic carbocycles. The van der Waals surface area contributed by atoms with E-state index >= 15 is 0 Å². The van der Waals surface area contributed by atoms with Gasteiger partial charge < -0.3 is 10.1 Å². The minimum atomic E-state index is -1.45. The van der Waals surface area contributed by atoms with Gasteiger partial charge in [-0.25, -0.2) is 13.2 Å². The van der Waals surface area contributed by atoms with E-state index in [1.807, 2.05) is 32.0 Å². The molecule has 0 heterocycles. The fraction of sp³-hybridized carbons (Fsp3) is 0.250. The molecule has 2 nitrogen and oxygen atoms in total. The third-order valence-corrected chi connectivity index (χ3v) is 2.96. The third-order valence-electron chi connectivity index (χ3n) is 2.96. The summed E-state index contributed by atoms with van der Waals surface area (Å²) < 4.78 is 44.7. The minimum Gasteiger partial charge on any atom is -0.492 e. The number of benzene rings is 2. The van der Waals surface area contributed by atoms with Crippen molar-refractivity contribution >= 4 is 5.69 Å². The summed E-state index contributed by atoms with van der Waals surface area (Å²) in [4.78, 5) is 0. The van der Waals surface area contributed by atoms with Gasteiger partial charge in [0.05, 0.1) is 12.3 Å². The molecule has 0 saturated carbocycles. The highest BCUT2D eigenvalue weighted by atomic mass is 19.2. The third kappa shape index (κ3) is 3.68. The highest BCUT2D eigenvalue weighted by Gasteiger charge is 2.11. The van der Waals surface area contributed by atoms with Crippen LogP contribution in [0.25, 0.3) is 0 Å². The summed E-state index contributed by atoms with van der Waals surface area (Å²) in [6.07, 6.45) is 0. The number of anilines is 1. The van der Waals surface area contributed by atoms with Gasteiger partial charge >= 0.3 is 0 Å². The van der Waals surface area contributed by atoms with Gasteiger partial charge in [0, 0.05) is 6.54 Å². The van der Waals surface area contributed by atoms with Crippen molar-refractivity contribution in [2.24, 2.45) is 0 Å². The summed E-state index contributed by atoms with van der Waals surface area (Å²) in [5, 5.41) is 3.03. The molecule has 21 heavy (non-hydrogen) atoms. The van der Waals surface area contributed by atoms with E-state index < -0.39 is 17.5 Å². The van der Waals surface area contributed by atoms with Crippen LogP contribution < -0.4 is 10.1 Å². The van der Waals surface area contributed by atoms with E-state index in [0.717, 1.165) is 17.7 Å². The van der Waals surface area contributed by atoms with Crippen molar-refractivity contribution in [1.82, 2.24) is 0 Å². The Balaban J connectivity index is 2.16. The van der Waals surface area contributed by atoms with Crippen LogP contribution in [0.3, 0.4) is 0 Å². The van der Waals surface area contributed by atoms with E-state index in [1.165, 1.54) is 0 Å². The maximum atomic E-state index is 13.2. The van der Waals surface area contributed by atoms with E-state index in [-0.39, 0.29) is 6.54 Å². The average Bonchev–Trinajstić information content (AvgIpc) is 2.44. The van der Waals surface area contributed by atoms with Gasteiger partial charge in [0.25, 0.3) is 0 Å². The van der Waals surface area contributed by atoms with Crippen molar-refractivity contribution in [2.45, 2.75) is 20.4 Å². The zero-order chi connectivity index (χ0) is 15.4. The first-order valence-electron chi connectivity index (χ1n) is 6.62. The molecule has 0 aromatic heterocycles. The fourth-order valence-electron chi connectivity index (χ4n) is 1.96. The number of rotatable bonds is 5. The lowest BCUT2D eigenvalue weighted by atomic mass is 10.1. The van der Waals surface area contributed by atoms with Gasteiger partial charge in [-0.15, -0.1) is 0 Å². The van der Waals surface area contributed by atoms with E-state index in [1.54, 1.807) is 0 Å². The lowest BCUT2D eigenvalue weighted by molar-refractivity contribution is 0.341. The van der Waals surface area contributed by atoms with E-state index in [2.05, 4.69) is 5.32 Å². The summed E-state index contributed by atoms with van der Waals surface area (Å²) >= 11 is 0. The molecule has 0 amide bonds. The molecule has 0 aliphatic heterocycles. The van der Waals surface area contributed by atoms with Crippen LogP contribution in [0, 0.1) is 24.4 Å². The molecule has 0 unspecified atom stereocenters. The lowest BCUT2D eigenvalue weighted by Crippen LogP contribution is -2.04. The van der Waals surface area contributed by atoms with Crippen LogP contribution in [0.4, 0.5) is 18.9 Å². The Labute approximate surface area is 121 Å². The summed E-state index contributed by atoms with van der Waals surface area (Å²) in [5.74, 6) is -3.17. The monoisotopic (exact) mass is 295 g/mol. The molecule has 2 rings (SSSR count). The standard InChI is InChI=1S/C16H16F3NO/c1-3-21-15-6-10(2)4-5-14(15)20-9-11-7-12(17)16(19)13(18)8-11/h4-8,20H,3,9H2,1-2H3. The predicted molar refractivity (Wildman–Crippen MR) is 76.0 cm³/mol. The van der Waals surface area contributed by atoms with Gasteiger partial charge in [0.15, 0.2) is 17.5 Å². The van der Waals surface area contributed by atoms with Crippen molar-refractivity contribution in [1.29, 1.82) is 0 Å². The van der Waals surface area contributed by atoms with Crippen LogP contribution in [0.5, 0.6) is 5.75 Å². The molecule has 0 bridgehead atoms. The van der Waals surface area contributed by atoms with Crippen molar-refractivity contribution in [3.63, 3.8) is 0 Å². The Hall–Kier alpha value is -2.17. The maximum Gasteiger partial charge on any atom is 0.194 e. The van der Waals surface area contributed by atoms with Crippen LogP contribution >= 0.6 is 0 Å². The second kappa shape index (κ2) is 6.52. The van der Waals surface area contributed by atoms with Gasteiger partial charge in [-0.2, -0.15) is 0 Å². The van der Waals surface area contributed by atoms with Crippen molar-refractivity contribution in [3.05, 3.63) is 58.9 Å².